The summed E-state index contributed by atoms with van der Waals surface area (Å²) in [6.45, 7) is 9.73. The van der Waals surface area contributed by atoms with Crippen LogP contribution in [0, 0.1) is 11.8 Å². The Morgan fingerprint density at radius 1 is 1.29 bits per heavy atom. The number of ether oxygens (including phenoxy) is 1. The van der Waals surface area contributed by atoms with Crippen molar-refractivity contribution in [2.24, 2.45) is 17.6 Å². The first-order valence-corrected chi connectivity index (χ1v) is 7.49. The van der Waals surface area contributed by atoms with Crippen LogP contribution in [-0.4, -0.2) is 18.2 Å². The van der Waals surface area contributed by atoms with Crippen molar-refractivity contribution in [2.75, 3.05) is 6.61 Å². The summed E-state index contributed by atoms with van der Waals surface area (Å²) >= 11 is 0. The normalized spacial score (nSPS) is 31.8. The van der Waals surface area contributed by atoms with Gasteiger partial charge in [-0.2, -0.15) is 0 Å². The molecule has 0 amide bonds. The summed E-state index contributed by atoms with van der Waals surface area (Å²) in [6.07, 6.45) is 7.25. The maximum Gasteiger partial charge on any atom is 0.0837 e. The molecule has 2 nitrogen and oxygen atoms in total. The minimum Gasteiger partial charge on any atom is -0.374 e. The average Bonchev–Trinajstić information content (AvgIpc) is 2.31. The molecule has 1 rings (SSSR count). The third-order valence-corrected chi connectivity index (χ3v) is 4.59. The van der Waals surface area contributed by atoms with E-state index in [1.165, 1.54) is 25.7 Å². The molecule has 0 saturated heterocycles. The largest absolute Gasteiger partial charge is 0.374 e. The predicted molar refractivity (Wildman–Crippen MR) is 74.0 cm³/mol. The van der Waals surface area contributed by atoms with E-state index in [0.717, 1.165) is 25.4 Å². The lowest BCUT2D eigenvalue weighted by atomic mass is 9.70. The fraction of sp³-hybridized carbons (Fsp3) is 1.00. The van der Waals surface area contributed by atoms with Crippen LogP contribution in [0.15, 0.2) is 0 Å². The van der Waals surface area contributed by atoms with E-state index in [-0.39, 0.29) is 11.6 Å². The molecule has 0 radical (unpaired) electrons. The van der Waals surface area contributed by atoms with E-state index in [0.29, 0.717) is 5.92 Å². The summed E-state index contributed by atoms with van der Waals surface area (Å²) in [6, 6.07) is 0.209. The summed E-state index contributed by atoms with van der Waals surface area (Å²) in [5, 5.41) is 0. The minimum atomic E-state index is -0.0386. The highest BCUT2D eigenvalue weighted by molar-refractivity contribution is 4.98. The average molecular weight is 241 g/mol. The highest BCUT2D eigenvalue weighted by Gasteiger charge is 2.43. The molecule has 0 aromatic rings. The zero-order valence-corrected chi connectivity index (χ0v) is 12.2. The molecule has 0 bridgehead atoms. The maximum absolute atomic E-state index is 6.57. The quantitative estimate of drug-likeness (QED) is 0.769. The molecular formula is C15H31NO. The monoisotopic (exact) mass is 241 g/mol. The van der Waals surface area contributed by atoms with Gasteiger partial charge in [-0.05, 0) is 31.6 Å². The third kappa shape index (κ3) is 3.45. The van der Waals surface area contributed by atoms with E-state index in [9.17, 15) is 0 Å². The Hall–Kier alpha value is -0.0800. The van der Waals surface area contributed by atoms with Crippen LogP contribution in [0.25, 0.3) is 0 Å². The van der Waals surface area contributed by atoms with Crippen molar-refractivity contribution in [2.45, 2.75) is 77.9 Å². The lowest BCUT2D eigenvalue weighted by Gasteiger charge is -2.46. The highest BCUT2D eigenvalue weighted by Crippen LogP contribution is 2.40. The molecule has 0 spiro atoms. The smallest absolute Gasteiger partial charge is 0.0837 e. The fourth-order valence-corrected chi connectivity index (χ4v) is 3.59. The van der Waals surface area contributed by atoms with Gasteiger partial charge in [-0.3, -0.25) is 0 Å². The number of rotatable bonds is 6. The molecule has 102 valence electrons. The Morgan fingerprint density at radius 3 is 2.41 bits per heavy atom. The fourth-order valence-electron chi connectivity index (χ4n) is 3.59. The van der Waals surface area contributed by atoms with E-state index >= 15 is 0 Å². The third-order valence-electron chi connectivity index (χ3n) is 4.59. The van der Waals surface area contributed by atoms with E-state index in [4.69, 9.17) is 10.5 Å². The molecular weight excluding hydrogens is 210 g/mol. The van der Waals surface area contributed by atoms with Crippen molar-refractivity contribution in [3.05, 3.63) is 0 Å². The number of hydrogen-bond donors (Lipinski definition) is 1. The molecule has 2 heteroatoms. The van der Waals surface area contributed by atoms with E-state index in [1.807, 2.05) is 0 Å². The summed E-state index contributed by atoms with van der Waals surface area (Å²) in [5.41, 5.74) is 6.53. The lowest BCUT2D eigenvalue weighted by Crippen LogP contribution is -2.56. The van der Waals surface area contributed by atoms with Gasteiger partial charge in [-0.15, -0.1) is 0 Å². The zero-order chi connectivity index (χ0) is 12.9. The van der Waals surface area contributed by atoms with E-state index in [2.05, 4.69) is 27.7 Å². The van der Waals surface area contributed by atoms with Gasteiger partial charge in [-0.1, -0.05) is 46.5 Å². The second-order valence-corrected chi connectivity index (χ2v) is 5.80. The number of hydrogen-bond acceptors (Lipinski definition) is 2. The van der Waals surface area contributed by atoms with Crippen LogP contribution in [-0.2, 0) is 4.74 Å². The molecule has 17 heavy (non-hydrogen) atoms. The molecule has 3 unspecified atom stereocenters. The van der Waals surface area contributed by atoms with E-state index in [1.54, 1.807) is 0 Å². The Balaban J connectivity index is 2.81. The van der Waals surface area contributed by atoms with Crippen LogP contribution in [0.3, 0.4) is 0 Å². The van der Waals surface area contributed by atoms with Crippen LogP contribution in [0.5, 0.6) is 0 Å². The van der Waals surface area contributed by atoms with Gasteiger partial charge in [0.2, 0.25) is 0 Å². The van der Waals surface area contributed by atoms with E-state index < -0.39 is 0 Å². The van der Waals surface area contributed by atoms with Crippen molar-refractivity contribution in [1.82, 2.24) is 0 Å². The molecule has 2 N–H and O–H groups in total. The summed E-state index contributed by atoms with van der Waals surface area (Å²) in [7, 11) is 0. The molecule has 1 fully saturated rings. The highest BCUT2D eigenvalue weighted by atomic mass is 16.5. The van der Waals surface area contributed by atoms with Gasteiger partial charge in [0.1, 0.15) is 0 Å². The van der Waals surface area contributed by atoms with Crippen LogP contribution in [0.2, 0.25) is 0 Å². The van der Waals surface area contributed by atoms with Gasteiger partial charge in [0.25, 0.3) is 0 Å². The lowest BCUT2D eigenvalue weighted by molar-refractivity contribution is -0.104. The van der Waals surface area contributed by atoms with Gasteiger partial charge >= 0.3 is 0 Å². The Morgan fingerprint density at radius 2 is 1.94 bits per heavy atom. The molecule has 1 saturated carbocycles. The van der Waals surface area contributed by atoms with Gasteiger partial charge in [0.05, 0.1) is 5.60 Å². The Kier molecular flexibility index (Phi) is 5.94. The number of nitrogens with two attached hydrogens (primary N) is 1. The van der Waals surface area contributed by atoms with Crippen LogP contribution < -0.4 is 5.73 Å². The van der Waals surface area contributed by atoms with Crippen molar-refractivity contribution < 1.29 is 4.74 Å². The van der Waals surface area contributed by atoms with Gasteiger partial charge in [-0.25, -0.2) is 0 Å². The summed E-state index contributed by atoms with van der Waals surface area (Å²) in [5.74, 6) is 1.36. The van der Waals surface area contributed by atoms with Crippen molar-refractivity contribution >= 4 is 0 Å². The Bertz CT molecular complexity index is 211. The van der Waals surface area contributed by atoms with Crippen molar-refractivity contribution in [3.8, 4) is 0 Å². The molecule has 1 aliphatic carbocycles. The summed E-state index contributed by atoms with van der Waals surface area (Å²) < 4.78 is 6.16. The first kappa shape index (κ1) is 15.0. The molecule has 3 atom stereocenters. The second-order valence-electron chi connectivity index (χ2n) is 5.80. The molecule has 1 aliphatic rings. The van der Waals surface area contributed by atoms with Crippen molar-refractivity contribution in [3.63, 3.8) is 0 Å². The second kappa shape index (κ2) is 6.75. The van der Waals surface area contributed by atoms with Gasteiger partial charge < -0.3 is 10.5 Å². The molecule has 0 aromatic carbocycles. The minimum absolute atomic E-state index is 0.0386. The predicted octanol–water partition coefficient (Wildman–Crippen LogP) is 3.74. The Labute approximate surface area is 107 Å². The van der Waals surface area contributed by atoms with Crippen LogP contribution in [0.4, 0.5) is 0 Å². The standard InChI is InChI=1S/C15H31NO/c1-5-13(6-2)14(16)15(17-7-3)10-8-9-12(4)11-15/h12-14H,5-11,16H2,1-4H3. The topological polar surface area (TPSA) is 35.2 Å². The molecule has 0 aliphatic heterocycles. The molecule has 0 heterocycles. The van der Waals surface area contributed by atoms with Gasteiger partial charge in [0, 0.05) is 12.6 Å². The SMILES string of the molecule is CCOC1(C(N)C(CC)CC)CCCC(C)C1. The van der Waals surface area contributed by atoms with Gasteiger partial charge in [0.15, 0.2) is 0 Å². The molecule has 0 aromatic heterocycles. The first-order valence-electron chi connectivity index (χ1n) is 7.49. The summed E-state index contributed by atoms with van der Waals surface area (Å²) in [4.78, 5) is 0. The zero-order valence-electron chi connectivity index (χ0n) is 12.2. The van der Waals surface area contributed by atoms with Crippen LogP contribution >= 0.6 is 0 Å². The van der Waals surface area contributed by atoms with Crippen molar-refractivity contribution in [1.29, 1.82) is 0 Å². The van der Waals surface area contributed by atoms with Crippen LogP contribution in [0.1, 0.15) is 66.2 Å². The first-order chi connectivity index (χ1) is 8.09. The maximum atomic E-state index is 6.57.